The Labute approximate surface area is 66.4 Å². The average Bonchev–Trinajstić information content (AvgIpc) is 2.52. The van der Waals surface area contributed by atoms with E-state index < -0.39 is 0 Å². The molecule has 3 heteroatoms. The Hall–Kier alpha value is -0.830. The highest BCUT2D eigenvalue weighted by molar-refractivity contribution is 5.76. The maximum atomic E-state index is 11.1. The summed E-state index contributed by atoms with van der Waals surface area (Å²) < 4.78 is 4.86. The molecule has 3 nitrogen and oxygen atoms in total. The molecule has 0 spiro atoms. The summed E-state index contributed by atoms with van der Waals surface area (Å²) in [6.07, 6.45) is 3.54. The van der Waals surface area contributed by atoms with E-state index in [1.54, 1.807) is 6.08 Å². The van der Waals surface area contributed by atoms with Gasteiger partial charge in [0, 0.05) is 0 Å². The molecular formula is C8H13NO2. The molecule has 1 rings (SSSR count). The fourth-order valence-corrected chi connectivity index (χ4v) is 1.13. The molecule has 0 aromatic heterocycles. The van der Waals surface area contributed by atoms with Crippen LogP contribution in [0.3, 0.4) is 0 Å². The average molecular weight is 155 g/mol. The van der Waals surface area contributed by atoms with Gasteiger partial charge in [-0.05, 0) is 19.4 Å². The van der Waals surface area contributed by atoms with Crippen LogP contribution >= 0.6 is 0 Å². The molecule has 1 fully saturated rings. The van der Waals surface area contributed by atoms with Crippen molar-refractivity contribution in [3.05, 3.63) is 12.7 Å². The van der Waals surface area contributed by atoms with E-state index in [0.29, 0.717) is 6.61 Å². The van der Waals surface area contributed by atoms with Gasteiger partial charge in [0.05, 0.1) is 0 Å². The highest BCUT2D eigenvalue weighted by Crippen LogP contribution is 2.05. The second-order valence-electron chi connectivity index (χ2n) is 2.57. The highest BCUT2D eigenvalue weighted by atomic mass is 16.5. The Morgan fingerprint density at radius 3 is 3.18 bits per heavy atom. The molecule has 0 aromatic rings. The van der Waals surface area contributed by atoms with Gasteiger partial charge in [-0.2, -0.15) is 0 Å². The number of rotatable bonds is 3. The summed E-state index contributed by atoms with van der Waals surface area (Å²) in [5.41, 5.74) is 0. The van der Waals surface area contributed by atoms with Gasteiger partial charge in [-0.3, -0.25) is 4.79 Å². The van der Waals surface area contributed by atoms with E-state index in [2.05, 4.69) is 11.9 Å². The third-order valence-corrected chi connectivity index (χ3v) is 1.69. The third kappa shape index (κ3) is 2.35. The summed E-state index contributed by atoms with van der Waals surface area (Å²) in [6, 6.07) is -0.0741. The summed E-state index contributed by atoms with van der Waals surface area (Å²) in [6.45, 7) is 4.70. The van der Waals surface area contributed by atoms with Gasteiger partial charge in [0.25, 0.3) is 0 Å². The maximum Gasteiger partial charge on any atom is 0.323 e. The fraction of sp³-hybridized carbons (Fsp3) is 0.625. The molecule has 1 heterocycles. The first-order chi connectivity index (χ1) is 5.34. The third-order valence-electron chi connectivity index (χ3n) is 1.69. The number of hydrogen-bond donors (Lipinski definition) is 1. The molecule has 11 heavy (non-hydrogen) atoms. The van der Waals surface area contributed by atoms with Crippen molar-refractivity contribution in [1.82, 2.24) is 5.32 Å². The van der Waals surface area contributed by atoms with Crippen molar-refractivity contribution in [2.75, 3.05) is 13.2 Å². The summed E-state index contributed by atoms with van der Waals surface area (Å²) in [4.78, 5) is 11.1. The van der Waals surface area contributed by atoms with Gasteiger partial charge in [0.2, 0.25) is 0 Å². The van der Waals surface area contributed by atoms with Crippen LogP contribution in [0.5, 0.6) is 0 Å². The van der Waals surface area contributed by atoms with Crippen molar-refractivity contribution in [3.63, 3.8) is 0 Å². The zero-order valence-corrected chi connectivity index (χ0v) is 6.51. The summed E-state index contributed by atoms with van der Waals surface area (Å²) in [5.74, 6) is -0.151. The summed E-state index contributed by atoms with van der Waals surface area (Å²) in [5, 5.41) is 3.06. The van der Waals surface area contributed by atoms with E-state index in [4.69, 9.17) is 4.74 Å². The van der Waals surface area contributed by atoms with E-state index in [9.17, 15) is 4.79 Å². The second kappa shape index (κ2) is 4.13. The molecule has 0 aromatic carbocycles. The molecule has 1 aliphatic heterocycles. The number of carbonyl (C=O) groups is 1. The van der Waals surface area contributed by atoms with Crippen LogP contribution < -0.4 is 5.32 Å². The lowest BCUT2D eigenvalue weighted by molar-refractivity contribution is -0.144. The molecule has 0 amide bonds. The fourth-order valence-electron chi connectivity index (χ4n) is 1.13. The van der Waals surface area contributed by atoms with Crippen molar-refractivity contribution in [3.8, 4) is 0 Å². The van der Waals surface area contributed by atoms with Gasteiger partial charge >= 0.3 is 5.97 Å². The van der Waals surface area contributed by atoms with Gasteiger partial charge < -0.3 is 10.1 Å². The van der Waals surface area contributed by atoms with Gasteiger partial charge in [0.1, 0.15) is 12.6 Å². The van der Waals surface area contributed by atoms with Gasteiger partial charge in [-0.15, -0.1) is 0 Å². The normalized spacial score (nSPS) is 23.1. The molecule has 0 bridgehead atoms. The molecule has 0 saturated carbocycles. The number of nitrogens with one attached hydrogen (secondary N) is 1. The van der Waals surface area contributed by atoms with Crippen LogP contribution in [0.1, 0.15) is 12.8 Å². The van der Waals surface area contributed by atoms with Gasteiger partial charge in [-0.25, -0.2) is 0 Å². The number of esters is 1. The lowest BCUT2D eigenvalue weighted by Crippen LogP contribution is -2.32. The van der Waals surface area contributed by atoms with E-state index in [1.807, 2.05) is 0 Å². The van der Waals surface area contributed by atoms with E-state index in [1.165, 1.54) is 0 Å². The van der Waals surface area contributed by atoms with Crippen LogP contribution in [-0.2, 0) is 9.53 Å². The molecule has 1 aliphatic rings. The molecule has 0 radical (unpaired) electrons. The zero-order valence-electron chi connectivity index (χ0n) is 6.51. The second-order valence-corrected chi connectivity index (χ2v) is 2.57. The predicted molar refractivity (Wildman–Crippen MR) is 42.2 cm³/mol. The Morgan fingerprint density at radius 1 is 1.82 bits per heavy atom. The van der Waals surface area contributed by atoms with Crippen LogP contribution in [0.15, 0.2) is 12.7 Å². The first-order valence-electron chi connectivity index (χ1n) is 3.85. The largest absolute Gasteiger partial charge is 0.460 e. The Kier molecular flexibility index (Phi) is 3.11. The molecule has 62 valence electrons. The predicted octanol–water partition coefficient (Wildman–Crippen LogP) is 0.468. The quantitative estimate of drug-likeness (QED) is 0.475. The summed E-state index contributed by atoms with van der Waals surface area (Å²) in [7, 11) is 0. The smallest absolute Gasteiger partial charge is 0.323 e. The van der Waals surface area contributed by atoms with Crippen molar-refractivity contribution in [2.45, 2.75) is 18.9 Å². The number of ether oxygens (including phenoxy) is 1. The minimum Gasteiger partial charge on any atom is -0.460 e. The first kappa shape index (κ1) is 8.27. The zero-order chi connectivity index (χ0) is 8.10. The van der Waals surface area contributed by atoms with Crippen LogP contribution in [0.25, 0.3) is 0 Å². The van der Waals surface area contributed by atoms with Crippen LogP contribution in [0, 0.1) is 0 Å². The van der Waals surface area contributed by atoms with Gasteiger partial charge in [0.15, 0.2) is 0 Å². The van der Waals surface area contributed by atoms with Crippen molar-refractivity contribution in [1.29, 1.82) is 0 Å². The lowest BCUT2D eigenvalue weighted by atomic mass is 10.2. The number of carbonyl (C=O) groups excluding carboxylic acids is 1. The van der Waals surface area contributed by atoms with E-state index >= 15 is 0 Å². The van der Waals surface area contributed by atoms with Crippen LogP contribution in [0.2, 0.25) is 0 Å². The Morgan fingerprint density at radius 2 is 2.64 bits per heavy atom. The topological polar surface area (TPSA) is 38.3 Å². The van der Waals surface area contributed by atoms with Crippen LogP contribution in [-0.4, -0.2) is 25.2 Å². The minimum absolute atomic E-state index is 0.0741. The molecular weight excluding hydrogens is 142 g/mol. The first-order valence-corrected chi connectivity index (χ1v) is 3.85. The molecule has 1 saturated heterocycles. The van der Waals surface area contributed by atoms with Crippen molar-refractivity contribution in [2.24, 2.45) is 0 Å². The molecule has 0 aliphatic carbocycles. The maximum absolute atomic E-state index is 11.1. The Bertz CT molecular complexity index is 150. The van der Waals surface area contributed by atoms with Crippen LogP contribution in [0.4, 0.5) is 0 Å². The molecule has 1 atom stereocenters. The van der Waals surface area contributed by atoms with Gasteiger partial charge in [-0.1, -0.05) is 12.7 Å². The standard InChI is InChI=1S/C8H13NO2/c1-2-6-11-8(10)7-4-3-5-9-7/h2,7,9H,1,3-6H2/t7-/m1/s1. The highest BCUT2D eigenvalue weighted by Gasteiger charge is 2.22. The minimum atomic E-state index is -0.151. The number of hydrogen-bond acceptors (Lipinski definition) is 3. The van der Waals surface area contributed by atoms with E-state index in [-0.39, 0.29) is 12.0 Å². The van der Waals surface area contributed by atoms with E-state index in [0.717, 1.165) is 19.4 Å². The SMILES string of the molecule is C=CCOC(=O)[C@H]1CCCN1. The lowest BCUT2D eigenvalue weighted by Gasteiger charge is -2.07. The summed E-state index contributed by atoms with van der Waals surface area (Å²) >= 11 is 0. The van der Waals surface area contributed by atoms with Crippen molar-refractivity contribution < 1.29 is 9.53 Å². The van der Waals surface area contributed by atoms with Crippen molar-refractivity contribution >= 4 is 5.97 Å². The molecule has 0 unspecified atom stereocenters. The molecule has 1 N–H and O–H groups in total. The Balaban J connectivity index is 2.22. The monoisotopic (exact) mass is 155 g/mol.